The fourth-order valence-electron chi connectivity index (χ4n) is 2.03. The zero-order chi connectivity index (χ0) is 15.0. The van der Waals surface area contributed by atoms with Crippen molar-refractivity contribution < 1.29 is 13.6 Å². The lowest BCUT2D eigenvalue weighted by atomic mass is 10.2. The van der Waals surface area contributed by atoms with Gasteiger partial charge in [-0.1, -0.05) is 0 Å². The molecule has 0 spiro atoms. The molecule has 3 rings (SSSR count). The number of imidazole rings is 1. The van der Waals surface area contributed by atoms with E-state index in [0.717, 1.165) is 23.5 Å². The smallest absolute Gasteiger partial charge is 0.257 e. The number of anilines is 1. The minimum atomic E-state index is -1.01. The van der Waals surface area contributed by atoms with E-state index in [1.165, 1.54) is 6.07 Å². The van der Waals surface area contributed by atoms with Gasteiger partial charge in [-0.05, 0) is 31.2 Å². The third-order valence-corrected chi connectivity index (χ3v) is 3.01. The van der Waals surface area contributed by atoms with Gasteiger partial charge in [-0.25, -0.2) is 13.8 Å². The summed E-state index contributed by atoms with van der Waals surface area (Å²) in [6, 6.07) is 6.54. The molecule has 3 aromatic rings. The predicted octanol–water partition coefficient (Wildman–Crippen LogP) is 3.17. The number of hydrogen-bond donors (Lipinski definition) is 1. The van der Waals surface area contributed by atoms with Crippen LogP contribution in [0.25, 0.3) is 5.65 Å². The molecule has 106 valence electrons. The Labute approximate surface area is 119 Å². The average molecular weight is 287 g/mol. The zero-order valence-electron chi connectivity index (χ0n) is 11.1. The molecule has 0 saturated carbocycles. The van der Waals surface area contributed by atoms with E-state index in [4.69, 9.17) is 0 Å². The van der Waals surface area contributed by atoms with Gasteiger partial charge in [0.2, 0.25) is 0 Å². The number of nitrogens with one attached hydrogen (secondary N) is 1. The molecular weight excluding hydrogens is 276 g/mol. The molecule has 2 aromatic heterocycles. The van der Waals surface area contributed by atoms with Crippen LogP contribution in [0.3, 0.4) is 0 Å². The second-order valence-electron chi connectivity index (χ2n) is 4.65. The Bertz CT molecular complexity index is 842. The highest BCUT2D eigenvalue weighted by atomic mass is 19.2. The van der Waals surface area contributed by atoms with Gasteiger partial charge in [-0.3, -0.25) is 4.79 Å². The van der Waals surface area contributed by atoms with Crippen LogP contribution < -0.4 is 5.32 Å². The number of amides is 1. The van der Waals surface area contributed by atoms with E-state index in [-0.39, 0.29) is 5.69 Å². The quantitative estimate of drug-likeness (QED) is 0.787. The van der Waals surface area contributed by atoms with Crippen molar-refractivity contribution in [2.45, 2.75) is 6.92 Å². The largest absolute Gasteiger partial charge is 0.322 e. The topological polar surface area (TPSA) is 46.4 Å². The lowest BCUT2D eigenvalue weighted by molar-refractivity contribution is 0.102. The van der Waals surface area contributed by atoms with Crippen LogP contribution in [-0.2, 0) is 0 Å². The summed E-state index contributed by atoms with van der Waals surface area (Å²) in [4.78, 5) is 16.4. The molecule has 0 atom stereocenters. The van der Waals surface area contributed by atoms with Crippen molar-refractivity contribution in [3.63, 3.8) is 0 Å². The van der Waals surface area contributed by atoms with Crippen LogP contribution in [0.4, 0.5) is 14.5 Å². The molecule has 0 fully saturated rings. The Balaban J connectivity index is 1.87. The number of nitrogens with zero attached hydrogens (tertiary/aromatic N) is 2. The first-order valence-corrected chi connectivity index (χ1v) is 6.25. The molecule has 0 saturated heterocycles. The second-order valence-corrected chi connectivity index (χ2v) is 4.65. The molecule has 1 amide bonds. The number of carbonyl (C=O) groups excluding carboxylic acids is 1. The SMILES string of the molecule is Cc1cn2cc(C(=O)Nc3ccc(F)c(F)c3)ccc2n1. The van der Waals surface area contributed by atoms with Crippen molar-refractivity contribution in [3.05, 3.63) is 65.6 Å². The summed E-state index contributed by atoms with van der Waals surface area (Å²) in [5.74, 6) is -2.37. The number of hydrogen-bond acceptors (Lipinski definition) is 2. The summed E-state index contributed by atoms with van der Waals surface area (Å²) in [6.45, 7) is 1.86. The van der Waals surface area contributed by atoms with Crippen molar-refractivity contribution >= 4 is 17.2 Å². The number of aryl methyl sites for hydroxylation is 1. The molecule has 4 nitrogen and oxygen atoms in total. The lowest BCUT2D eigenvalue weighted by Gasteiger charge is -2.06. The zero-order valence-corrected chi connectivity index (χ0v) is 11.1. The van der Waals surface area contributed by atoms with Gasteiger partial charge in [0.25, 0.3) is 5.91 Å². The van der Waals surface area contributed by atoms with E-state index in [1.54, 1.807) is 28.9 Å². The van der Waals surface area contributed by atoms with Crippen molar-refractivity contribution in [2.24, 2.45) is 0 Å². The Morgan fingerprint density at radius 3 is 2.71 bits per heavy atom. The molecule has 0 aliphatic rings. The van der Waals surface area contributed by atoms with Crippen LogP contribution in [0.2, 0.25) is 0 Å². The van der Waals surface area contributed by atoms with Gasteiger partial charge in [-0.2, -0.15) is 0 Å². The van der Waals surface area contributed by atoms with E-state index >= 15 is 0 Å². The molecular formula is C15H11F2N3O. The van der Waals surface area contributed by atoms with Crippen LogP contribution in [0.5, 0.6) is 0 Å². The molecule has 2 heterocycles. The van der Waals surface area contributed by atoms with Crippen LogP contribution in [0, 0.1) is 18.6 Å². The molecule has 0 aliphatic carbocycles. The van der Waals surface area contributed by atoms with Gasteiger partial charge < -0.3 is 9.72 Å². The maximum Gasteiger partial charge on any atom is 0.257 e. The Kier molecular flexibility index (Phi) is 3.13. The first-order chi connectivity index (χ1) is 10.0. The Morgan fingerprint density at radius 2 is 1.95 bits per heavy atom. The van der Waals surface area contributed by atoms with Crippen molar-refractivity contribution in [3.8, 4) is 0 Å². The van der Waals surface area contributed by atoms with Crippen LogP contribution in [-0.4, -0.2) is 15.3 Å². The third kappa shape index (κ3) is 2.60. The standard InChI is InChI=1S/C15H11F2N3O/c1-9-7-20-8-10(2-5-14(20)18-9)15(21)19-11-3-4-12(16)13(17)6-11/h2-8H,1H3,(H,19,21). The summed E-state index contributed by atoms with van der Waals surface area (Å²) in [7, 11) is 0. The Hall–Kier alpha value is -2.76. The van der Waals surface area contributed by atoms with Crippen LogP contribution in [0.15, 0.2) is 42.7 Å². The third-order valence-electron chi connectivity index (χ3n) is 3.01. The van der Waals surface area contributed by atoms with Crippen molar-refractivity contribution in [1.82, 2.24) is 9.38 Å². The molecule has 6 heteroatoms. The van der Waals surface area contributed by atoms with E-state index < -0.39 is 17.5 Å². The lowest BCUT2D eigenvalue weighted by Crippen LogP contribution is -2.12. The van der Waals surface area contributed by atoms with Crippen molar-refractivity contribution in [2.75, 3.05) is 5.32 Å². The summed E-state index contributed by atoms with van der Waals surface area (Å²) in [5, 5.41) is 2.52. The highest BCUT2D eigenvalue weighted by molar-refractivity contribution is 6.04. The van der Waals surface area contributed by atoms with Crippen LogP contribution in [0.1, 0.15) is 16.1 Å². The monoisotopic (exact) mass is 287 g/mol. The first-order valence-electron chi connectivity index (χ1n) is 6.25. The van der Waals surface area contributed by atoms with Gasteiger partial charge in [0.1, 0.15) is 5.65 Å². The summed E-state index contributed by atoms with van der Waals surface area (Å²) in [5.41, 5.74) is 2.16. The fraction of sp³-hybridized carbons (Fsp3) is 0.0667. The van der Waals surface area contributed by atoms with Gasteiger partial charge in [0.15, 0.2) is 11.6 Å². The van der Waals surface area contributed by atoms with E-state index in [1.807, 2.05) is 6.92 Å². The molecule has 0 unspecified atom stereocenters. The number of rotatable bonds is 2. The number of carbonyl (C=O) groups is 1. The number of benzene rings is 1. The predicted molar refractivity (Wildman–Crippen MR) is 74.2 cm³/mol. The van der Waals surface area contributed by atoms with E-state index in [2.05, 4.69) is 10.3 Å². The van der Waals surface area contributed by atoms with Gasteiger partial charge in [-0.15, -0.1) is 0 Å². The second kappa shape index (κ2) is 4.97. The average Bonchev–Trinajstić information content (AvgIpc) is 2.82. The van der Waals surface area contributed by atoms with E-state index in [0.29, 0.717) is 5.56 Å². The molecule has 0 bridgehead atoms. The molecule has 0 radical (unpaired) electrons. The molecule has 1 N–H and O–H groups in total. The fourth-order valence-corrected chi connectivity index (χ4v) is 2.03. The summed E-state index contributed by atoms with van der Waals surface area (Å²) in [6.07, 6.45) is 3.42. The van der Waals surface area contributed by atoms with E-state index in [9.17, 15) is 13.6 Å². The molecule has 1 aromatic carbocycles. The number of fused-ring (bicyclic) bond motifs is 1. The van der Waals surface area contributed by atoms with Gasteiger partial charge in [0, 0.05) is 24.1 Å². The van der Waals surface area contributed by atoms with Gasteiger partial charge in [0.05, 0.1) is 11.3 Å². The first kappa shape index (κ1) is 13.2. The highest BCUT2D eigenvalue weighted by Gasteiger charge is 2.09. The number of halogens is 2. The number of pyridine rings is 1. The Morgan fingerprint density at radius 1 is 1.14 bits per heavy atom. The van der Waals surface area contributed by atoms with Crippen molar-refractivity contribution in [1.29, 1.82) is 0 Å². The minimum absolute atomic E-state index is 0.195. The summed E-state index contributed by atoms with van der Waals surface area (Å²) >= 11 is 0. The normalized spacial score (nSPS) is 10.8. The maximum atomic E-state index is 13.1. The number of aromatic nitrogens is 2. The minimum Gasteiger partial charge on any atom is -0.322 e. The summed E-state index contributed by atoms with van der Waals surface area (Å²) < 4.78 is 27.7. The van der Waals surface area contributed by atoms with Crippen LogP contribution >= 0.6 is 0 Å². The molecule has 0 aliphatic heterocycles. The molecule has 21 heavy (non-hydrogen) atoms. The maximum absolute atomic E-state index is 13.1. The van der Waals surface area contributed by atoms with Gasteiger partial charge >= 0.3 is 0 Å². The highest BCUT2D eigenvalue weighted by Crippen LogP contribution is 2.15.